The van der Waals surface area contributed by atoms with Crippen molar-refractivity contribution in [2.45, 2.75) is 52.4 Å². The molecule has 3 heteroatoms. The molecular weight excluding hydrogens is 276 g/mol. The first-order valence-electron chi connectivity index (χ1n) is 8.12. The standard InChI is InChI=1S/C19H24O3/c1-4-6-8-13-10-15-16(11-14(13)9-7-5-2)19(21)18(22-3)12-17(15)20/h10-12H,4-9H2,1-3H3. The fourth-order valence-electron chi connectivity index (χ4n) is 2.83. The first-order chi connectivity index (χ1) is 10.6. The second-order valence-electron chi connectivity index (χ2n) is 5.78. The molecule has 0 spiro atoms. The van der Waals surface area contributed by atoms with Crippen LogP contribution in [-0.2, 0) is 17.6 Å². The molecule has 1 aliphatic rings. The molecule has 0 fully saturated rings. The van der Waals surface area contributed by atoms with E-state index in [0.717, 1.165) is 38.5 Å². The summed E-state index contributed by atoms with van der Waals surface area (Å²) in [7, 11) is 1.43. The van der Waals surface area contributed by atoms with E-state index in [9.17, 15) is 9.59 Å². The lowest BCUT2D eigenvalue weighted by atomic mass is 9.86. The van der Waals surface area contributed by atoms with Gasteiger partial charge >= 0.3 is 0 Å². The Morgan fingerprint density at radius 1 is 0.909 bits per heavy atom. The normalized spacial score (nSPS) is 13.9. The third-order valence-electron chi connectivity index (χ3n) is 4.16. The molecule has 0 N–H and O–H groups in total. The van der Waals surface area contributed by atoms with E-state index in [2.05, 4.69) is 13.8 Å². The Morgan fingerprint density at radius 2 is 1.45 bits per heavy atom. The molecule has 0 aromatic heterocycles. The molecule has 0 bridgehead atoms. The van der Waals surface area contributed by atoms with Gasteiger partial charge in [0, 0.05) is 17.2 Å². The maximum absolute atomic E-state index is 12.4. The predicted molar refractivity (Wildman–Crippen MR) is 87.4 cm³/mol. The number of hydrogen-bond donors (Lipinski definition) is 0. The molecule has 3 nitrogen and oxygen atoms in total. The Balaban J connectivity index is 2.46. The lowest BCUT2D eigenvalue weighted by Gasteiger charge is -2.18. The summed E-state index contributed by atoms with van der Waals surface area (Å²) in [4.78, 5) is 24.6. The molecule has 0 atom stereocenters. The summed E-state index contributed by atoms with van der Waals surface area (Å²) in [6, 6.07) is 3.85. The Bertz CT molecular complexity index is 611. The van der Waals surface area contributed by atoms with Gasteiger partial charge in [0.1, 0.15) is 0 Å². The molecule has 0 aliphatic heterocycles. The number of carbonyl (C=O) groups excluding carboxylic acids is 2. The van der Waals surface area contributed by atoms with E-state index in [1.54, 1.807) is 0 Å². The van der Waals surface area contributed by atoms with Crippen molar-refractivity contribution in [3.05, 3.63) is 46.2 Å². The molecule has 2 rings (SSSR count). The number of ketones is 2. The van der Waals surface area contributed by atoms with Crippen molar-refractivity contribution in [1.82, 2.24) is 0 Å². The number of rotatable bonds is 7. The first kappa shape index (κ1) is 16.5. The Morgan fingerprint density at radius 3 is 1.95 bits per heavy atom. The van der Waals surface area contributed by atoms with Crippen molar-refractivity contribution in [3.8, 4) is 0 Å². The highest BCUT2D eigenvalue weighted by Crippen LogP contribution is 2.27. The number of Topliss-reactive ketones (excluding diaryl/α,β-unsaturated/α-hetero) is 1. The van der Waals surface area contributed by atoms with Gasteiger partial charge in [-0.3, -0.25) is 9.59 Å². The minimum atomic E-state index is -0.183. The lowest BCUT2D eigenvalue weighted by molar-refractivity contribution is 0.0916. The van der Waals surface area contributed by atoms with Crippen LogP contribution in [-0.4, -0.2) is 18.7 Å². The Hall–Kier alpha value is -1.90. The van der Waals surface area contributed by atoms with Gasteiger partial charge in [0.25, 0.3) is 0 Å². The number of fused-ring (bicyclic) bond motifs is 1. The highest BCUT2D eigenvalue weighted by molar-refractivity contribution is 6.23. The second-order valence-corrected chi connectivity index (χ2v) is 5.78. The van der Waals surface area contributed by atoms with Gasteiger partial charge in [-0.1, -0.05) is 26.7 Å². The summed E-state index contributed by atoms with van der Waals surface area (Å²) in [6.45, 7) is 4.32. The minimum Gasteiger partial charge on any atom is -0.492 e. The van der Waals surface area contributed by atoms with Gasteiger partial charge in [-0.05, 0) is 48.9 Å². The van der Waals surface area contributed by atoms with E-state index in [-0.39, 0.29) is 17.3 Å². The van der Waals surface area contributed by atoms with E-state index >= 15 is 0 Å². The quantitative estimate of drug-likeness (QED) is 0.755. The summed E-state index contributed by atoms with van der Waals surface area (Å²) < 4.78 is 5.04. The van der Waals surface area contributed by atoms with E-state index < -0.39 is 0 Å². The van der Waals surface area contributed by atoms with Crippen LogP contribution in [0.5, 0.6) is 0 Å². The Kier molecular flexibility index (Phi) is 5.53. The number of benzene rings is 1. The molecule has 0 amide bonds. The molecule has 1 aromatic rings. The van der Waals surface area contributed by atoms with Crippen LogP contribution in [0.2, 0.25) is 0 Å². The van der Waals surface area contributed by atoms with Gasteiger partial charge in [0.15, 0.2) is 11.5 Å². The number of ether oxygens (including phenoxy) is 1. The number of allylic oxidation sites excluding steroid dienone is 2. The molecule has 1 aromatic carbocycles. The van der Waals surface area contributed by atoms with Crippen LogP contribution in [0.3, 0.4) is 0 Å². The molecule has 22 heavy (non-hydrogen) atoms. The average molecular weight is 300 g/mol. The second kappa shape index (κ2) is 7.39. The molecule has 0 radical (unpaired) electrons. The molecular formula is C19H24O3. The van der Waals surface area contributed by atoms with Crippen LogP contribution >= 0.6 is 0 Å². The summed E-state index contributed by atoms with van der Waals surface area (Å²) >= 11 is 0. The van der Waals surface area contributed by atoms with E-state index in [1.807, 2.05) is 12.1 Å². The third kappa shape index (κ3) is 3.29. The van der Waals surface area contributed by atoms with Crippen LogP contribution in [0.15, 0.2) is 24.0 Å². The number of carbonyl (C=O) groups is 2. The van der Waals surface area contributed by atoms with Crippen molar-refractivity contribution in [3.63, 3.8) is 0 Å². The van der Waals surface area contributed by atoms with E-state index in [4.69, 9.17) is 4.74 Å². The van der Waals surface area contributed by atoms with Crippen molar-refractivity contribution in [1.29, 1.82) is 0 Å². The SMILES string of the molecule is CCCCc1cc2c(cc1CCCC)C(=O)C(OC)=CC2=O. The highest BCUT2D eigenvalue weighted by Gasteiger charge is 2.27. The van der Waals surface area contributed by atoms with Gasteiger partial charge < -0.3 is 4.74 Å². The van der Waals surface area contributed by atoms with E-state index in [0.29, 0.717) is 11.1 Å². The van der Waals surface area contributed by atoms with Crippen LogP contribution < -0.4 is 0 Å². The average Bonchev–Trinajstić information content (AvgIpc) is 2.53. The highest BCUT2D eigenvalue weighted by atomic mass is 16.5. The number of methoxy groups -OCH3 is 1. The largest absolute Gasteiger partial charge is 0.492 e. The molecule has 0 heterocycles. The van der Waals surface area contributed by atoms with Gasteiger partial charge in [-0.2, -0.15) is 0 Å². The number of unbranched alkanes of at least 4 members (excludes halogenated alkanes) is 2. The fourth-order valence-corrected chi connectivity index (χ4v) is 2.83. The van der Waals surface area contributed by atoms with Crippen molar-refractivity contribution in [2.24, 2.45) is 0 Å². The summed E-state index contributed by atoms with van der Waals surface area (Å²) in [6.07, 6.45) is 7.64. The smallest absolute Gasteiger partial charge is 0.228 e. The molecule has 0 unspecified atom stereocenters. The molecule has 118 valence electrons. The summed E-state index contributed by atoms with van der Waals surface area (Å²) in [5, 5.41) is 0. The van der Waals surface area contributed by atoms with Crippen LogP contribution in [0.25, 0.3) is 0 Å². The molecule has 0 saturated carbocycles. The van der Waals surface area contributed by atoms with Gasteiger partial charge in [-0.15, -0.1) is 0 Å². The van der Waals surface area contributed by atoms with Crippen LogP contribution in [0.4, 0.5) is 0 Å². The van der Waals surface area contributed by atoms with Crippen LogP contribution in [0.1, 0.15) is 71.4 Å². The molecule has 0 saturated heterocycles. The third-order valence-corrected chi connectivity index (χ3v) is 4.16. The summed E-state index contributed by atoms with van der Waals surface area (Å²) in [5.41, 5.74) is 3.44. The maximum atomic E-state index is 12.4. The van der Waals surface area contributed by atoms with Crippen molar-refractivity contribution >= 4 is 11.6 Å². The number of aryl methyl sites for hydroxylation is 2. The Labute approximate surface area is 132 Å². The fraction of sp³-hybridized carbons (Fsp3) is 0.474. The molecule has 1 aliphatic carbocycles. The first-order valence-corrected chi connectivity index (χ1v) is 8.12. The maximum Gasteiger partial charge on any atom is 0.228 e. The monoisotopic (exact) mass is 300 g/mol. The van der Waals surface area contributed by atoms with Gasteiger partial charge in [0.05, 0.1) is 7.11 Å². The number of hydrogen-bond acceptors (Lipinski definition) is 3. The zero-order valence-corrected chi connectivity index (χ0v) is 13.7. The van der Waals surface area contributed by atoms with E-state index in [1.165, 1.54) is 24.3 Å². The van der Waals surface area contributed by atoms with Crippen molar-refractivity contribution < 1.29 is 14.3 Å². The topological polar surface area (TPSA) is 43.4 Å². The zero-order chi connectivity index (χ0) is 16.1. The predicted octanol–water partition coefficient (Wildman–Crippen LogP) is 4.28. The minimum absolute atomic E-state index is 0.133. The van der Waals surface area contributed by atoms with Crippen molar-refractivity contribution in [2.75, 3.05) is 7.11 Å². The van der Waals surface area contributed by atoms with Crippen LogP contribution in [0, 0.1) is 0 Å². The summed E-state index contributed by atoms with van der Waals surface area (Å²) in [5.74, 6) is -0.177. The van der Waals surface area contributed by atoms with Gasteiger partial charge in [0.2, 0.25) is 5.78 Å². The lowest BCUT2D eigenvalue weighted by Crippen LogP contribution is -2.19. The van der Waals surface area contributed by atoms with Gasteiger partial charge in [-0.25, -0.2) is 0 Å². The zero-order valence-electron chi connectivity index (χ0n) is 13.7.